The molecule has 1 aliphatic rings. The number of carbonyl (C=O) groups is 2. The molecule has 1 aliphatic carbocycles. The quantitative estimate of drug-likeness (QED) is 0.287. The minimum Gasteiger partial charge on any atom is -0.493 e. The second-order valence-corrected chi connectivity index (χ2v) is 10.1. The van der Waals surface area contributed by atoms with Gasteiger partial charge in [0.15, 0.2) is 11.5 Å². The first-order valence-corrected chi connectivity index (χ1v) is 13.2. The summed E-state index contributed by atoms with van der Waals surface area (Å²) in [6.07, 6.45) is 1.55. The highest BCUT2D eigenvalue weighted by Crippen LogP contribution is 2.50. The Morgan fingerprint density at radius 2 is 1.85 bits per heavy atom. The molecular formula is C28H35N7O6. The molecule has 13 heteroatoms. The van der Waals surface area contributed by atoms with E-state index in [4.69, 9.17) is 14.2 Å². The van der Waals surface area contributed by atoms with Crippen molar-refractivity contribution in [2.45, 2.75) is 52.1 Å². The molecule has 2 aromatic carbocycles. The molecule has 1 heterocycles. The summed E-state index contributed by atoms with van der Waals surface area (Å²) < 4.78 is 17.0. The lowest BCUT2D eigenvalue weighted by Crippen LogP contribution is -2.37. The minimum absolute atomic E-state index is 0.0319. The second kappa shape index (κ2) is 12.7. The highest BCUT2D eigenvalue weighted by atomic mass is 16.5. The summed E-state index contributed by atoms with van der Waals surface area (Å²) in [5.74, 6) is 0.921. The van der Waals surface area contributed by atoms with Crippen molar-refractivity contribution < 1.29 is 23.8 Å². The Bertz CT molecular complexity index is 1480. The van der Waals surface area contributed by atoms with Crippen LogP contribution < -0.4 is 35.6 Å². The van der Waals surface area contributed by atoms with Crippen molar-refractivity contribution in [1.29, 1.82) is 0 Å². The summed E-state index contributed by atoms with van der Waals surface area (Å²) in [6.45, 7) is 5.40. The number of ether oxygens (including phenoxy) is 3. The smallest absolute Gasteiger partial charge is 0.269 e. The fourth-order valence-electron chi connectivity index (χ4n) is 5.13. The van der Waals surface area contributed by atoms with Gasteiger partial charge in [-0.15, -0.1) is 5.10 Å². The van der Waals surface area contributed by atoms with Gasteiger partial charge in [-0.25, -0.2) is 0 Å². The third kappa shape index (κ3) is 6.39. The van der Waals surface area contributed by atoms with Crippen LogP contribution in [0.3, 0.4) is 0 Å². The molecule has 0 radical (unpaired) electrons. The molecule has 218 valence electrons. The lowest BCUT2D eigenvalue weighted by atomic mass is 9.95. The molecule has 1 aromatic heterocycles. The fourth-order valence-corrected chi connectivity index (χ4v) is 5.13. The molecule has 0 unspecified atom stereocenters. The first-order chi connectivity index (χ1) is 19.7. The predicted molar refractivity (Wildman–Crippen MR) is 152 cm³/mol. The van der Waals surface area contributed by atoms with Crippen LogP contribution in [0.1, 0.15) is 50.8 Å². The normalized spacial score (nSPS) is 14.7. The van der Waals surface area contributed by atoms with Crippen molar-refractivity contribution >= 4 is 23.5 Å². The van der Waals surface area contributed by atoms with Gasteiger partial charge >= 0.3 is 0 Å². The highest BCUT2D eigenvalue weighted by molar-refractivity contribution is 5.95. The first kappa shape index (κ1) is 29.3. The Morgan fingerprint density at radius 3 is 2.46 bits per heavy atom. The van der Waals surface area contributed by atoms with Gasteiger partial charge in [-0.1, -0.05) is 25.0 Å². The SMILES string of the molecule is COc1cc2c(c(OC)c1OC)-c1ccc(N[C@H](CC(C)C)C(=O)Nc3nn[nH]n3)c(=O)cc1[C@@H](NC(C)=O)CC2. The van der Waals surface area contributed by atoms with Crippen LogP contribution in [-0.4, -0.2) is 59.8 Å². The number of aromatic nitrogens is 4. The van der Waals surface area contributed by atoms with Gasteiger partial charge in [-0.2, -0.15) is 5.21 Å². The number of fused-ring (bicyclic) bond motifs is 3. The molecule has 13 nitrogen and oxygen atoms in total. The van der Waals surface area contributed by atoms with Crippen molar-refractivity contribution in [3.05, 3.63) is 45.6 Å². The summed E-state index contributed by atoms with van der Waals surface area (Å²) in [4.78, 5) is 39.0. The molecule has 4 rings (SSSR count). The Labute approximate surface area is 237 Å². The number of methoxy groups -OCH3 is 3. The molecule has 0 spiro atoms. The standard InChI is InChI=1S/C28H35N7O6/c1-14(2)11-21(27(38)31-28-32-34-35-33-28)30-20-10-8-17-18(13-22(20)37)19(29-15(3)36)9-7-16-12-23(39-4)25(40-5)26(41-6)24(16)17/h8,10,12-14,19,21H,7,9,11H2,1-6H3,(H,29,36)(H,30,37)(H2,31,32,33,34,35,38)/t19-,21+/m0/s1. The van der Waals surface area contributed by atoms with E-state index < -0.39 is 18.0 Å². The number of hydrogen-bond acceptors (Lipinski definition) is 10. The summed E-state index contributed by atoms with van der Waals surface area (Å²) in [5, 5.41) is 22.0. The van der Waals surface area contributed by atoms with Gasteiger partial charge < -0.3 is 24.8 Å². The van der Waals surface area contributed by atoms with Crippen molar-refractivity contribution in [3.63, 3.8) is 0 Å². The van der Waals surface area contributed by atoms with Gasteiger partial charge in [0.2, 0.25) is 23.0 Å². The van der Waals surface area contributed by atoms with Crippen LogP contribution in [0.5, 0.6) is 17.2 Å². The topological polar surface area (TPSA) is 169 Å². The molecule has 0 fully saturated rings. The highest BCUT2D eigenvalue weighted by Gasteiger charge is 2.30. The first-order valence-electron chi connectivity index (χ1n) is 13.2. The maximum Gasteiger partial charge on any atom is 0.269 e. The lowest BCUT2D eigenvalue weighted by Gasteiger charge is -2.19. The van der Waals surface area contributed by atoms with E-state index in [9.17, 15) is 14.4 Å². The summed E-state index contributed by atoms with van der Waals surface area (Å²) in [5.41, 5.74) is 2.84. The number of hydrogen-bond donors (Lipinski definition) is 4. The van der Waals surface area contributed by atoms with Crippen LogP contribution in [0.15, 0.2) is 29.1 Å². The predicted octanol–water partition coefficient (Wildman–Crippen LogP) is 2.84. The van der Waals surface area contributed by atoms with Crippen molar-refractivity contribution in [3.8, 4) is 28.4 Å². The monoisotopic (exact) mass is 565 g/mol. The van der Waals surface area contributed by atoms with Crippen molar-refractivity contribution in [1.82, 2.24) is 25.9 Å². The van der Waals surface area contributed by atoms with Gasteiger partial charge in [0, 0.05) is 12.5 Å². The van der Waals surface area contributed by atoms with Crippen LogP contribution in [0.2, 0.25) is 0 Å². The Morgan fingerprint density at radius 1 is 1.10 bits per heavy atom. The number of anilines is 2. The summed E-state index contributed by atoms with van der Waals surface area (Å²) in [7, 11) is 4.63. The van der Waals surface area contributed by atoms with Gasteiger partial charge in [0.1, 0.15) is 6.04 Å². The number of aryl methyl sites for hydroxylation is 1. The van der Waals surface area contributed by atoms with Gasteiger partial charge in [-0.3, -0.25) is 19.7 Å². The largest absolute Gasteiger partial charge is 0.493 e. The zero-order valence-electron chi connectivity index (χ0n) is 24.0. The third-order valence-electron chi connectivity index (χ3n) is 6.85. The van der Waals surface area contributed by atoms with Crippen LogP contribution in [0.4, 0.5) is 11.6 Å². The number of aromatic amines is 1. The van der Waals surface area contributed by atoms with E-state index in [-0.39, 0.29) is 28.9 Å². The van der Waals surface area contributed by atoms with Gasteiger partial charge in [0.05, 0.1) is 33.1 Å². The molecule has 0 saturated heterocycles. The fraction of sp³-hybridized carbons (Fsp3) is 0.429. The average Bonchev–Trinajstić information content (AvgIpc) is 3.34. The van der Waals surface area contributed by atoms with E-state index in [1.54, 1.807) is 26.4 Å². The number of nitrogens with zero attached hydrogens (tertiary/aromatic N) is 3. The maximum atomic E-state index is 13.7. The average molecular weight is 566 g/mol. The van der Waals surface area contributed by atoms with Crippen LogP contribution in [-0.2, 0) is 16.0 Å². The summed E-state index contributed by atoms with van der Waals surface area (Å²) >= 11 is 0. The zero-order valence-corrected chi connectivity index (χ0v) is 24.0. The van der Waals surface area contributed by atoms with E-state index in [1.807, 2.05) is 19.9 Å². The van der Waals surface area contributed by atoms with Crippen LogP contribution >= 0.6 is 0 Å². The molecule has 0 aliphatic heterocycles. The van der Waals surface area contributed by atoms with Crippen LogP contribution in [0.25, 0.3) is 11.1 Å². The molecule has 2 atom stereocenters. The molecular weight excluding hydrogens is 530 g/mol. The van der Waals surface area contributed by atoms with E-state index in [0.29, 0.717) is 47.6 Å². The number of rotatable bonds is 10. The zero-order chi connectivity index (χ0) is 29.7. The molecule has 0 saturated carbocycles. The third-order valence-corrected chi connectivity index (χ3v) is 6.85. The molecule has 2 amide bonds. The van der Waals surface area contributed by atoms with Crippen LogP contribution in [0, 0.1) is 5.92 Å². The summed E-state index contributed by atoms with van der Waals surface area (Å²) in [6, 6.07) is 5.63. The van der Waals surface area contributed by atoms with Crippen molar-refractivity contribution in [2.75, 3.05) is 32.0 Å². The minimum atomic E-state index is -0.763. The molecule has 3 aromatic rings. The number of H-pyrrole nitrogens is 1. The van der Waals surface area contributed by atoms with E-state index in [1.165, 1.54) is 20.1 Å². The molecule has 0 bridgehead atoms. The van der Waals surface area contributed by atoms with E-state index in [0.717, 1.165) is 11.1 Å². The second-order valence-electron chi connectivity index (χ2n) is 10.1. The van der Waals surface area contributed by atoms with Gasteiger partial charge in [0.25, 0.3) is 5.95 Å². The Kier molecular flexibility index (Phi) is 9.05. The molecule has 41 heavy (non-hydrogen) atoms. The van der Waals surface area contributed by atoms with Gasteiger partial charge in [-0.05, 0) is 65.3 Å². The number of amides is 2. The lowest BCUT2D eigenvalue weighted by molar-refractivity contribution is -0.120. The molecule has 4 N–H and O–H groups in total. The number of benzene rings is 1. The maximum absolute atomic E-state index is 13.7. The Hall–Kier alpha value is -4.68. The van der Waals surface area contributed by atoms with E-state index in [2.05, 4.69) is 36.6 Å². The van der Waals surface area contributed by atoms with E-state index >= 15 is 0 Å². The number of tetrazole rings is 1. The Balaban J connectivity index is 1.87. The number of carbonyl (C=O) groups excluding carboxylic acids is 2. The number of nitrogens with one attached hydrogen (secondary N) is 4. The van der Waals surface area contributed by atoms with Crippen molar-refractivity contribution in [2.24, 2.45) is 5.92 Å².